The van der Waals surface area contributed by atoms with Crippen molar-refractivity contribution in [1.82, 2.24) is 25.2 Å². The molecule has 9 nitrogen and oxygen atoms in total. The van der Waals surface area contributed by atoms with Crippen molar-refractivity contribution in [3.8, 4) is 11.5 Å². The maximum Gasteiger partial charge on any atom is 0.416 e. The average Bonchev–Trinajstić information content (AvgIpc) is 3.18. The van der Waals surface area contributed by atoms with Crippen molar-refractivity contribution < 1.29 is 22.7 Å². The van der Waals surface area contributed by atoms with Gasteiger partial charge >= 0.3 is 6.18 Å². The molecule has 206 valence electrons. The van der Waals surface area contributed by atoms with E-state index in [2.05, 4.69) is 31.2 Å². The molecule has 2 heterocycles. The lowest BCUT2D eigenvalue weighted by Crippen LogP contribution is -2.27. The van der Waals surface area contributed by atoms with E-state index < -0.39 is 11.7 Å². The van der Waals surface area contributed by atoms with Crippen LogP contribution in [0.1, 0.15) is 25.0 Å². The van der Waals surface area contributed by atoms with Crippen molar-refractivity contribution in [3.63, 3.8) is 0 Å². The summed E-state index contributed by atoms with van der Waals surface area (Å²) in [6, 6.07) is 12.7. The predicted molar refractivity (Wildman–Crippen MR) is 144 cm³/mol. The number of carbonyl (C=O) groups excluding carboxylic acids is 1. The highest BCUT2D eigenvalue weighted by Gasteiger charge is 2.33. The second-order valence-electron chi connectivity index (χ2n) is 8.83. The fourth-order valence-electron chi connectivity index (χ4n) is 3.99. The van der Waals surface area contributed by atoms with E-state index in [0.717, 1.165) is 18.1 Å². The number of hydrogen-bond donors (Lipinski definition) is 4. The summed E-state index contributed by atoms with van der Waals surface area (Å²) in [6.45, 7) is 5.51. The number of benzene rings is 2. The van der Waals surface area contributed by atoms with Gasteiger partial charge in [0.2, 0.25) is 11.9 Å². The molecule has 4 aromatic rings. The lowest BCUT2D eigenvalue weighted by molar-refractivity contribution is -0.138. The monoisotopic (exact) mass is 541 g/mol. The number of nitrogens with one attached hydrogen (secondary N) is 4. The van der Waals surface area contributed by atoms with Gasteiger partial charge < -0.3 is 30.6 Å². The van der Waals surface area contributed by atoms with E-state index in [1.54, 1.807) is 41.9 Å². The normalized spacial score (nSPS) is 11.5. The molecule has 4 N–H and O–H groups in total. The zero-order chi connectivity index (χ0) is 28.0. The van der Waals surface area contributed by atoms with Crippen LogP contribution >= 0.6 is 0 Å². The molecule has 0 unspecified atom stereocenters. The summed E-state index contributed by atoms with van der Waals surface area (Å²) < 4.78 is 49.1. The second-order valence-corrected chi connectivity index (χ2v) is 8.83. The number of amides is 1. The highest BCUT2D eigenvalue weighted by atomic mass is 19.4. The third-order valence-corrected chi connectivity index (χ3v) is 5.84. The fraction of sp³-hybridized carbons (Fsp3) is 0.296. The Morgan fingerprint density at radius 1 is 1.03 bits per heavy atom. The Kier molecular flexibility index (Phi) is 8.67. The highest BCUT2D eigenvalue weighted by molar-refractivity contribution is 5.87. The Morgan fingerprint density at radius 3 is 2.54 bits per heavy atom. The summed E-state index contributed by atoms with van der Waals surface area (Å²) in [5.74, 6) is 1.46. The first-order valence-corrected chi connectivity index (χ1v) is 12.4. The number of anilines is 3. The molecule has 0 aliphatic carbocycles. The van der Waals surface area contributed by atoms with Crippen LogP contribution in [0.25, 0.3) is 11.0 Å². The third-order valence-electron chi connectivity index (χ3n) is 5.84. The van der Waals surface area contributed by atoms with Crippen molar-refractivity contribution in [3.05, 3.63) is 65.9 Å². The maximum absolute atomic E-state index is 13.8. The van der Waals surface area contributed by atoms with Crippen LogP contribution in [0.3, 0.4) is 0 Å². The van der Waals surface area contributed by atoms with Crippen molar-refractivity contribution in [2.45, 2.75) is 26.6 Å². The molecule has 0 atom stereocenters. The Hall–Kier alpha value is -4.16. The molecule has 0 spiro atoms. The number of aromatic nitrogens is 3. The number of alkyl halides is 3. The van der Waals surface area contributed by atoms with Gasteiger partial charge in [0.05, 0.1) is 16.6 Å². The van der Waals surface area contributed by atoms with Gasteiger partial charge in [-0.3, -0.25) is 4.79 Å². The fourth-order valence-corrected chi connectivity index (χ4v) is 3.99. The van der Waals surface area contributed by atoms with E-state index in [0.29, 0.717) is 41.9 Å². The first kappa shape index (κ1) is 27.9. The molecule has 12 heteroatoms. The minimum absolute atomic E-state index is 0.110. The van der Waals surface area contributed by atoms with Crippen LogP contribution in [0, 0.1) is 0 Å². The first-order chi connectivity index (χ1) is 18.6. The number of rotatable bonds is 11. The van der Waals surface area contributed by atoms with E-state index in [1.807, 2.05) is 13.0 Å². The van der Waals surface area contributed by atoms with Gasteiger partial charge in [-0.05, 0) is 42.4 Å². The summed E-state index contributed by atoms with van der Waals surface area (Å²) in [7, 11) is 1.77. The Labute approximate surface area is 223 Å². The molecule has 4 rings (SSSR count). The smallest absolute Gasteiger partial charge is 0.416 e. The van der Waals surface area contributed by atoms with Crippen LogP contribution in [0.15, 0.2) is 54.7 Å². The van der Waals surface area contributed by atoms with Gasteiger partial charge in [-0.15, -0.1) is 0 Å². The van der Waals surface area contributed by atoms with Gasteiger partial charge in [-0.2, -0.15) is 13.2 Å². The van der Waals surface area contributed by atoms with Crippen LogP contribution in [-0.4, -0.2) is 40.1 Å². The molecule has 0 radical (unpaired) electrons. The second kappa shape index (κ2) is 12.1. The van der Waals surface area contributed by atoms with Crippen LogP contribution in [-0.2, 0) is 24.6 Å². The summed E-state index contributed by atoms with van der Waals surface area (Å²) in [4.78, 5) is 19.9. The zero-order valence-corrected chi connectivity index (χ0v) is 21.8. The molecule has 0 saturated carbocycles. The van der Waals surface area contributed by atoms with Crippen molar-refractivity contribution in [1.29, 1.82) is 0 Å². The summed E-state index contributed by atoms with van der Waals surface area (Å²) in [5, 5.41) is 11.8. The standard InChI is InChI=1S/C27H30F3N7O2/c1-4-31-11-12-32-16-18-5-6-19(13-22(18)27(28,29)30)35-26-36-23-14-20(7-8-24(23)37(26)3)39-21-9-10-33-25(15-21)34-17(2)38/h5-10,13-15,31-32H,4,11-12,16H2,1-3H3,(H,35,36)(H,33,34,38). The van der Waals surface area contributed by atoms with Crippen molar-refractivity contribution in [2.24, 2.45) is 7.05 Å². The van der Waals surface area contributed by atoms with Gasteiger partial charge in [0.25, 0.3) is 0 Å². The molecule has 2 aromatic carbocycles. The number of fused-ring (bicyclic) bond motifs is 1. The Balaban J connectivity index is 1.52. The number of aryl methyl sites for hydroxylation is 1. The third kappa shape index (κ3) is 7.24. The highest BCUT2D eigenvalue weighted by Crippen LogP contribution is 2.35. The van der Waals surface area contributed by atoms with E-state index in [4.69, 9.17) is 4.74 Å². The average molecular weight is 542 g/mol. The van der Waals surface area contributed by atoms with Gasteiger partial charge in [-0.1, -0.05) is 13.0 Å². The van der Waals surface area contributed by atoms with E-state index >= 15 is 0 Å². The van der Waals surface area contributed by atoms with E-state index in [-0.39, 0.29) is 23.7 Å². The van der Waals surface area contributed by atoms with Crippen LogP contribution in [0.5, 0.6) is 11.5 Å². The topological polar surface area (TPSA) is 105 Å². The zero-order valence-electron chi connectivity index (χ0n) is 21.8. The maximum atomic E-state index is 13.8. The number of hydrogen-bond acceptors (Lipinski definition) is 7. The summed E-state index contributed by atoms with van der Waals surface area (Å²) in [6.07, 6.45) is -2.98. The molecular weight excluding hydrogens is 511 g/mol. The SMILES string of the molecule is CCNCCNCc1ccc(Nc2nc3cc(Oc4ccnc(NC(C)=O)c4)ccc3n2C)cc1C(F)(F)F. The molecule has 39 heavy (non-hydrogen) atoms. The molecule has 0 fully saturated rings. The van der Waals surface area contributed by atoms with Crippen LogP contribution in [0.4, 0.5) is 30.6 Å². The molecule has 0 saturated heterocycles. The molecule has 0 bridgehead atoms. The number of ether oxygens (including phenoxy) is 1. The van der Waals surface area contributed by atoms with Crippen molar-refractivity contribution >= 4 is 34.4 Å². The van der Waals surface area contributed by atoms with E-state index in [9.17, 15) is 18.0 Å². The Morgan fingerprint density at radius 2 is 1.79 bits per heavy atom. The first-order valence-electron chi connectivity index (χ1n) is 12.4. The van der Waals surface area contributed by atoms with Crippen LogP contribution in [0.2, 0.25) is 0 Å². The Bertz CT molecular complexity index is 1450. The largest absolute Gasteiger partial charge is 0.457 e. The van der Waals surface area contributed by atoms with E-state index in [1.165, 1.54) is 19.2 Å². The lowest BCUT2D eigenvalue weighted by Gasteiger charge is -2.16. The molecule has 1 amide bonds. The lowest BCUT2D eigenvalue weighted by atomic mass is 10.1. The number of halogens is 3. The number of nitrogens with zero attached hydrogens (tertiary/aromatic N) is 3. The number of carbonyl (C=O) groups is 1. The number of likely N-dealkylation sites (N-methyl/N-ethyl adjacent to an activating group) is 1. The minimum atomic E-state index is -4.50. The predicted octanol–water partition coefficient (Wildman–Crippen LogP) is 5.18. The van der Waals surface area contributed by atoms with Gasteiger partial charge in [-0.25, -0.2) is 9.97 Å². The van der Waals surface area contributed by atoms with Crippen LogP contribution < -0.4 is 26.0 Å². The molecule has 0 aliphatic rings. The number of imidazole rings is 1. The molecule has 0 aliphatic heterocycles. The molecular formula is C27H30F3N7O2. The molecule has 2 aromatic heterocycles. The van der Waals surface area contributed by atoms with Crippen molar-refractivity contribution in [2.75, 3.05) is 30.3 Å². The summed E-state index contributed by atoms with van der Waals surface area (Å²) >= 11 is 0. The summed E-state index contributed by atoms with van der Waals surface area (Å²) in [5.41, 5.74) is 1.10. The van der Waals surface area contributed by atoms with Gasteiger partial charge in [0, 0.05) is 57.6 Å². The number of pyridine rings is 1. The van der Waals surface area contributed by atoms with Gasteiger partial charge in [0.1, 0.15) is 17.3 Å². The van der Waals surface area contributed by atoms with Gasteiger partial charge in [0.15, 0.2) is 0 Å². The minimum Gasteiger partial charge on any atom is -0.457 e. The quantitative estimate of drug-likeness (QED) is 0.194.